The summed E-state index contributed by atoms with van der Waals surface area (Å²) in [6.07, 6.45) is 1.33. The third-order valence-electron chi connectivity index (χ3n) is 6.21. The number of methoxy groups -OCH3 is 1. The van der Waals surface area contributed by atoms with Gasteiger partial charge in [0, 0.05) is 30.3 Å². The maximum Gasteiger partial charge on any atom is 0.236 e. The zero-order valence-electron chi connectivity index (χ0n) is 17.5. The van der Waals surface area contributed by atoms with Crippen LogP contribution in [0.25, 0.3) is 5.69 Å². The molecule has 0 aliphatic carbocycles. The molecule has 1 fully saturated rings. The predicted octanol–water partition coefficient (Wildman–Crippen LogP) is 4.31. The van der Waals surface area contributed by atoms with E-state index in [1.165, 1.54) is 0 Å². The highest BCUT2D eigenvalue weighted by atomic mass is 32.2. The van der Waals surface area contributed by atoms with Crippen LogP contribution >= 0.6 is 11.8 Å². The highest BCUT2D eigenvalue weighted by Crippen LogP contribution is 2.40. The summed E-state index contributed by atoms with van der Waals surface area (Å²) in [6, 6.07) is 17.8. The third-order valence-corrected chi connectivity index (χ3v) is 7.18. The minimum absolute atomic E-state index is 0.0105. The van der Waals surface area contributed by atoms with Gasteiger partial charge in [-0.1, -0.05) is 30.3 Å². The normalized spacial score (nSPS) is 17.2. The molecule has 0 unspecified atom stereocenters. The molecule has 1 saturated heterocycles. The van der Waals surface area contributed by atoms with Gasteiger partial charge in [-0.25, -0.2) is 4.68 Å². The Morgan fingerprint density at radius 3 is 2.55 bits per heavy atom. The van der Waals surface area contributed by atoms with Gasteiger partial charge < -0.3 is 14.8 Å². The largest absolute Gasteiger partial charge is 0.497 e. The van der Waals surface area contributed by atoms with Crippen molar-refractivity contribution in [1.29, 1.82) is 0 Å². The number of fused-ring (bicyclic) bond motifs is 1. The van der Waals surface area contributed by atoms with Crippen molar-refractivity contribution in [2.45, 2.75) is 29.8 Å². The number of hydrogen-bond donors (Lipinski definition) is 1. The van der Waals surface area contributed by atoms with Crippen LogP contribution < -0.4 is 10.1 Å². The molecule has 3 aromatic rings. The maximum absolute atomic E-state index is 13.8. The Morgan fingerprint density at radius 2 is 1.84 bits per heavy atom. The van der Waals surface area contributed by atoms with Crippen LogP contribution in [0.5, 0.6) is 5.75 Å². The van der Waals surface area contributed by atoms with E-state index in [0.29, 0.717) is 26.1 Å². The van der Waals surface area contributed by atoms with Crippen LogP contribution in [-0.2, 0) is 26.5 Å². The number of anilines is 1. The monoisotopic (exact) mass is 435 g/mol. The van der Waals surface area contributed by atoms with Crippen LogP contribution in [0.1, 0.15) is 29.7 Å². The number of amides is 1. The highest BCUT2D eigenvalue weighted by Gasteiger charge is 2.42. The van der Waals surface area contributed by atoms with E-state index in [-0.39, 0.29) is 5.91 Å². The van der Waals surface area contributed by atoms with Crippen molar-refractivity contribution in [2.24, 2.45) is 0 Å². The molecule has 7 heteroatoms. The molecule has 0 radical (unpaired) electrons. The van der Waals surface area contributed by atoms with Gasteiger partial charge in [-0.15, -0.1) is 0 Å². The van der Waals surface area contributed by atoms with Crippen LogP contribution in [0.15, 0.2) is 54.6 Å². The molecule has 6 nitrogen and oxygen atoms in total. The highest BCUT2D eigenvalue weighted by molar-refractivity contribution is 7.98. The van der Waals surface area contributed by atoms with Crippen molar-refractivity contribution in [3.63, 3.8) is 0 Å². The molecule has 0 atom stereocenters. The Labute approximate surface area is 185 Å². The van der Waals surface area contributed by atoms with Crippen LogP contribution in [0.3, 0.4) is 0 Å². The number of nitrogens with zero attached hydrogens (tertiary/aromatic N) is 2. The van der Waals surface area contributed by atoms with E-state index in [1.807, 2.05) is 71.0 Å². The molecule has 1 aromatic heterocycles. The van der Waals surface area contributed by atoms with E-state index in [0.717, 1.165) is 45.6 Å². The second kappa shape index (κ2) is 8.40. The fourth-order valence-electron chi connectivity index (χ4n) is 4.40. The molecule has 0 bridgehead atoms. The summed E-state index contributed by atoms with van der Waals surface area (Å²) in [5, 5.41) is 8.11. The van der Waals surface area contributed by atoms with Crippen LogP contribution in [0.2, 0.25) is 0 Å². The number of thioether (sulfide) groups is 1. The second-order valence-corrected chi connectivity index (χ2v) is 8.88. The number of benzene rings is 2. The van der Waals surface area contributed by atoms with Crippen molar-refractivity contribution in [3.8, 4) is 11.4 Å². The molecular weight excluding hydrogens is 410 g/mol. The van der Waals surface area contributed by atoms with Crippen molar-refractivity contribution in [2.75, 3.05) is 25.6 Å². The van der Waals surface area contributed by atoms with Crippen molar-refractivity contribution >= 4 is 23.5 Å². The van der Waals surface area contributed by atoms with Crippen LogP contribution in [0.4, 0.5) is 5.82 Å². The predicted molar refractivity (Wildman–Crippen MR) is 122 cm³/mol. The molecule has 31 heavy (non-hydrogen) atoms. The van der Waals surface area contributed by atoms with Crippen molar-refractivity contribution in [3.05, 3.63) is 71.4 Å². The summed E-state index contributed by atoms with van der Waals surface area (Å²) in [7, 11) is 1.65. The number of carbonyl (C=O) groups excluding carboxylic acids is 1. The Morgan fingerprint density at radius 1 is 1.10 bits per heavy atom. The number of rotatable bonds is 5. The SMILES string of the molecule is COc1ccc(-n2nc3c(c2NC(=O)C2(c4ccccc4)CCOCC2)CSC3)cc1. The number of carbonyl (C=O) groups is 1. The summed E-state index contributed by atoms with van der Waals surface area (Å²) >= 11 is 1.82. The zero-order valence-corrected chi connectivity index (χ0v) is 18.3. The average molecular weight is 436 g/mol. The molecule has 160 valence electrons. The molecule has 0 saturated carbocycles. The lowest BCUT2D eigenvalue weighted by atomic mass is 9.73. The molecule has 2 aliphatic rings. The lowest BCUT2D eigenvalue weighted by molar-refractivity contribution is -0.125. The molecule has 0 spiro atoms. The Hall–Kier alpha value is -2.77. The number of ether oxygens (including phenoxy) is 2. The van der Waals surface area contributed by atoms with Crippen LogP contribution in [0, 0.1) is 0 Å². The Bertz CT molecular complexity index is 1070. The van der Waals surface area contributed by atoms with E-state index in [2.05, 4.69) is 5.32 Å². The van der Waals surface area contributed by atoms with Gasteiger partial charge in [0.15, 0.2) is 0 Å². The molecule has 5 rings (SSSR count). The lowest BCUT2D eigenvalue weighted by Crippen LogP contribution is -2.45. The van der Waals surface area contributed by atoms with Gasteiger partial charge in [-0.05, 0) is 42.7 Å². The maximum atomic E-state index is 13.8. The quantitative estimate of drug-likeness (QED) is 0.647. The summed E-state index contributed by atoms with van der Waals surface area (Å²) < 4.78 is 12.8. The fourth-order valence-corrected chi connectivity index (χ4v) is 5.44. The first-order valence-corrected chi connectivity index (χ1v) is 11.6. The number of aromatic nitrogens is 2. The Kier molecular flexibility index (Phi) is 5.46. The second-order valence-electron chi connectivity index (χ2n) is 7.89. The lowest BCUT2D eigenvalue weighted by Gasteiger charge is -2.36. The van der Waals surface area contributed by atoms with Gasteiger partial charge in [0.2, 0.25) is 5.91 Å². The molecule has 1 N–H and O–H groups in total. The van der Waals surface area contributed by atoms with E-state index >= 15 is 0 Å². The van der Waals surface area contributed by atoms with Gasteiger partial charge in [0.25, 0.3) is 0 Å². The standard InChI is InChI=1S/C24H25N3O3S/c1-29-19-9-7-18(8-10-19)27-22(20-15-31-16-21(20)26-27)25-23(28)24(11-13-30-14-12-24)17-5-3-2-4-6-17/h2-10H,11-16H2,1H3,(H,25,28). The molecule has 2 aliphatic heterocycles. The van der Waals surface area contributed by atoms with Crippen molar-refractivity contribution < 1.29 is 14.3 Å². The summed E-state index contributed by atoms with van der Waals surface area (Å²) in [4.78, 5) is 13.8. The van der Waals surface area contributed by atoms with Crippen molar-refractivity contribution in [1.82, 2.24) is 9.78 Å². The van der Waals surface area contributed by atoms with Gasteiger partial charge >= 0.3 is 0 Å². The minimum Gasteiger partial charge on any atom is -0.497 e. The van der Waals surface area contributed by atoms with E-state index < -0.39 is 5.41 Å². The topological polar surface area (TPSA) is 65.4 Å². The van der Waals surface area contributed by atoms with E-state index in [4.69, 9.17) is 14.6 Å². The Balaban J connectivity index is 1.53. The van der Waals surface area contributed by atoms with Gasteiger partial charge in [0.1, 0.15) is 11.6 Å². The smallest absolute Gasteiger partial charge is 0.236 e. The van der Waals surface area contributed by atoms with Gasteiger partial charge in [-0.3, -0.25) is 4.79 Å². The number of nitrogens with one attached hydrogen (secondary N) is 1. The zero-order chi connectivity index (χ0) is 21.3. The van der Waals surface area contributed by atoms with Gasteiger partial charge in [-0.2, -0.15) is 16.9 Å². The number of hydrogen-bond acceptors (Lipinski definition) is 5. The summed E-state index contributed by atoms with van der Waals surface area (Å²) in [5.74, 6) is 3.28. The third kappa shape index (κ3) is 3.62. The molecule has 2 aromatic carbocycles. The summed E-state index contributed by atoms with van der Waals surface area (Å²) in [5.41, 5.74) is 3.49. The molecular formula is C24H25N3O3S. The molecule has 1 amide bonds. The first-order chi connectivity index (χ1) is 15.2. The average Bonchev–Trinajstić information content (AvgIpc) is 3.43. The van der Waals surface area contributed by atoms with E-state index in [9.17, 15) is 4.79 Å². The summed E-state index contributed by atoms with van der Waals surface area (Å²) in [6.45, 7) is 1.15. The van der Waals surface area contributed by atoms with E-state index in [1.54, 1.807) is 7.11 Å². The first kappa shape index (κ1) is 20.2. The van der Waals surface area contributed by atoms with Gasteiger partial charge in [0.05, 0.1) is 23.9 Å². The minimum atomic E-state index is -0.604. The van der Waals surface area contributed by atoms with Crippen LogP contribution in [-0.4, -0.2) is 36.0 Å². The first-order valence-electron chi connectivity index (χ1n) is 10.5. The fraction of sp³-hybridized carbons (Fsp3) is 0.333. The molecule has 3 heterocycles.